The Morgan fingerprint density at radius 2 is 1.36 bits per heavy atom. The lowest BCUT2D eigenvalue weighted by atomic mass is 9.77. The SMILES string of the molecule is CC1(C)NC(C)(C)C2(CC2)OC1(C)C. The molecule has 0 amide bonds. The van der Waals surface area contributed by atoms with Gasteiger partial charge in [0.1, 0.15) is 0 Å². The number of hydrogen-bond donors (Lipinski definition) is 1. The van der Waals surface area contributed by atoms with Gasteiger partial charge in [-0.15, -0.1) is 0 Å². The van der Waals surface area contributed by atoms with E-state index in [4.69, 9.17) is 4.74 Å². The molecule has 0 aromatic rings. The first-order chi connectivity index (χ1) is 6.12. The van der Waals surface area contributed by atoms with Crippen molar-refractivity contribution in [3.63, 3.8) is 0 Å². The van der Waals surface area contributed by atoms with Gasteiger partial charge in [0.05, 0.1) is 11.2 Å². The predicted molar refractivity (Wildman–Crippen MR) is 58.4 cm³/mol. The molecule has 0 atom stereocenters. The third-order valence-corrected chi connectivity index (χ3v) is 4.42. The molecule has 0 radical (unpaired) electrons. The van der Waals surface area contributed by atoms with E-state index in [1.54, 1.807) is 0 Å². The van der Waals surface area contributed by atoms with Crippen LogP contribution in [0.3, 0.4) is 0 Å². The van der Waals surface area contributed by atoms with Gasteiger partial charge in [0.2, 0.25) is 0 Å². The lowest BCUT2D eigenvalue weighted by molar-refractivity contribution is -0.202. The highest BCUT2D eigenvalue weighted by Gasteiger charge is 2.64. The van der Waals surface area contributed by atoms with Gasteiger partial charge in [-0.2, -0.15) is 0 Å². The Hall–Kier alpha value is -0.0800. The Morgan fingerprint density at radius 1 is 0.857 bits per heavy atom. The summed E-state index contributed by atoms with van der Waals surface area (Å²) in [6.07, 6.45) is 2.40. The van der Waals surface area contributed by atoms with Crippen LogP contribution >= 0.6 is 0 Å². The molecule has 0 aromatic carbocycles. The third kappa shape index (κ3) is 1.17. The monoisotopic (exact) mass is 197 g/mol. The molecule has 2 nitrogen and oxygen atoms in total. The summed E-state index contributed by atoms with van der Waals surface area (Å²) in [6, 6.07) is 0. The Morgan fingerprint density at radius 3 is 1.79 bits per heavy atom. The highest BCUT2D eigenvalue weighted by Crippen LogP contribution is 2.55. The van der Waals surface area contributed by atoms with Crippen LogP contribution in [0.5, 0.6) is 0 Å². The second-order valence-electron chi connectivity index (χ2n) is 6.48. The highest BCUT2D eigenvalue weighted by atomic mass is 16.5. The van der Waals surface area contributed by atoms with Gasteiger partial charge >= 0.3 is 0 Å². The van der Waals surface area contributed by atoms with Gasteiger partial charge in [0, 0.05) is 11.1 Å². The Kier molecular flexibility index (Phi) is 1.76. The quantitative estimate of drug-likeness (QED) is 0.644. The minimum Gasteiger partial charge on any atom is -0.365 e. The number of rotatable bonds is 0. The van der Waals surface area contributed by atoms with E-state index in [0.717, 1.165) is 0 Å². The summed E-state index contributed by atoms with van der Waals surface area (Å²) in [6.45, 7) is 13.4. The molecular weight excluding hydrogens is 174 g/mol. The van der Waals surface area contributed by atoms with Crippen molar-refractivity contribution in [1.29, 1.82) is 0 Å². The number of morpholine rings is 1. The minimum atomic E-state index is -0.0843. The second kappa shape index (κ2) is 2.35. The van der Waals surface area contributed by atoms with Gasteiger partial charge in [0.25, 0.3) is 0 Å². The maximum absolute atomic E-state index is 6.34. The van der Waals surface area contributed by atoms with Crippen LogP contribution in [0.15, 0.2) is 0 Å². The first-order valence-corrected chi connectivity index (χ1v) is 5.62. The van der Waals surface area contributed by atoms with Gasteiger partial charge in [0.15, 0.2) is 0 Å². The largest absolute Gasteiger partial charge is 0.365 e. The Labute approximate surface area is 87.4 Å². The van der Waals surface area contributed by atoms with E-state index in [-0.39, 0.29) is 22.3 Å². The van der Waals surface area contributed by atoms with E-state index in [0.29, 0.717) is 0 Å². The topological polar surface area (TPSA) is 21.3 Å². The fraction of sp³-hybridized carbons (Fsp3) is 1.00. The maximum Gasteiger partial charge on any atom is 0.0868 e. The number of ether oxygens (including phenoxy) is 1. The summed E-state index contributed by atoms with van der Waals surface area (Å²) >= 11 is 0. The zero-order valence-corrected chi connectivity index (χ0v) is 10.3. The maximum atomic E-state index is 6.34. The van der Waals surface area contributed by atoms with Gasteiger partial charge in [-0.25, -0.2) is 0 Å². The van der Waals surface area contributed by atoms with E-state index in [2.05, 4.69) is 46.9 Å². The predicted octanol–water partition coefficient (Wildman–Crippen LogP) is 2.47. The molecule has 2 fully saturated rings. The Balaban J connectivity index is 2.32. The van der Waals surface area contributed by atoms with Crippen LogP contribution in [0.2, 0.25) is 0 Å². The molecule has 1 N–H and O–H groups in total. The van der Waals surface area contributed by atoms with Crippen LogP contribution in [-0.4, -0.2) is 22.3 Å². The first-order valence-electron chi connectivity index (χ1n) is 5.62. The first kappa shape index (κ1) is 10.4. The molecule has 14 heavy (non-hydrogen) atoms. The van der Waals surface area contributed by atoms with Crippen molar-refractivity contribution in [2.45, 2.75) is 76.7 Å². The summed E-state index contributed by atoms with van der Waals surface area (Å²) < 4.78 is 6.34. The van der Waals surface area contributed by atoms with Crippen molar-refractivity contribution in [2.24, 2.45) is 0 Å². The molecule has 0 unspecified atom stereocenters. The van der Waals surface area contributed by atoms with Gasteiger partial charge < -0.3 is 10.1 Å². The summed E-state index contributed by atoms with van der Waals surface area (Å²) in [5.41, 5.74) is 0.154. The fourth-order valence-corrected chi connectivity index (χ4v) is 2.63. The molecule has 1 aliphatic carbocycles. The van der Waals surface area contributed by atoms with Crippen molar-refractivity contribution in [2.75, 3.05) is 0 Å². The highest BCUT2D eigenvalue weighted by molar-refractivity contribution is 5.20. The molecule has 2 aliphatic rings. The van der Waals surface area contributed by atoms with Crippen molar-refractivity contribution in [3.8, 4) is 0 Å². The van der Waals surface area contributed by atoms with E-state index in [9.17, 15) is 0 Å². The van der Waals surface area contributed by atoms with Crippen LogP contribution < -0.4 is 5.32 Å². The molecular formula is C12H23NO. The summed E-state index contributed by atoms with van der Waals surface area (Å²) in [5.74, 6) is 0. The van der Waals surface area contributed by atoms with Crippen LogP contribution in [0.4, 0.5) is 0 Å². The number of hydrogen-bond acceptors (Lipinski definition) is 2. The van der Waals surface area contributed by atoms with Gasteiger partial charge in [-0.1, -0.05) is 0 Å². The average molecular weight is 197 g/mol. The zero-order valence-electron chi connectivity index (χ0n) is 10.3. The van der Waals surface area contributed by atoms with E-state index in [1.165, 1.54) is 12.8 Å². The van der Waals surface area contributed by atoms with Crippen LogP contribution in [0.25, 0.3) is 0 Å². The van der Waals surface area contributed by atoms with Crippen LogP contribution in [-0.2, 0) is 4.74 Å². The molecule has 1 spiro atoms. The van der Waals surface area contributed by atoms with Gasteiger partial charge in [-0.3, -0.25) is 0 Å². The molecule has 1 saturated carbocycles. The van der Waals surface area contributed by atoms with Crippen molar-refractivity contribution in [1.82, 2.24) is 5.32 Å². The third-order valence-electron chi connectivity index (χ3n) is 4.42. The van der Waals surface area contributed by atoms with E-state index < -0.39 is 0 Å². The van der Waals surface area contributed by atoms with Crippen molar-refractivity contribution in [3.05, 3.63) is 0 Å². The Bertz CT molecular complexity index is 228. The van der Waals surface area contributed by atoms with E-state index in [1.807, 2.05) is 0 Å². The van der Waals surface area contributed by atoms with Crippen LogP contribution in [0.1, 0.15) is 54.4 Å². The lowest BCUT2D eigenvalue weighted by Crippen LogP contribution is -2.74. The second-order valence-corrected chi connectivity index (χ2v) is 6.48. The molecule has 2 heteroatoms. The fourth-order valence-electron chi connectivity index (χ4n) is 2.63. The zero-order chi connectivity index (χ0) is 10.8. The molecule has 1 heterocycles. The standard InChI is InChI=1S/C12H23NO/c1-9(2)11(5,6)14-12(7-8-12)10(3,4)13-9/h13H,7-8H2,1-6H3. The normalized spacial score (nSPS) is 35.6. The van der Waals surface area contributed by atoms with Crippen molar-refractivity contribution >= 4 is 0 Å². The lowest BCUT2D eigenvalue weighted by Gasteiger charge is -2.57. The molecule has 82 valence electrons. The minimum absolute atomic E-state index is 0.0321. The molecule has 2 rings (SSSR count). The molecule has 1 saturated heterocycles. The molecule has 1 aliphatic heterocycles. The summed E-state index contributed by atoms with van der Waals surface area (Å²) in [7, 11) is 0. The number of nitrogens with one attached hydrogen (secondary N) is 1. The van der Waals surface area contributed by atoms with Gasteiger partial charge in [-0.05, 0) is 54.4 Å². The smallest absolute Gasteiger partial charge is 0.0868 e. The van der Waals surface area contributed by atoms with Crippen LogP contribution in [0, 0.1) is 0 Å². The molecule has 0 bridgehead atoms. The van der Waals surface area contributed by atoms with Crippen molar-refractivity contribution < 1.29 is 4.74 Å². The summed E-state index contributed by atoms with van der Waals surface area (Å²) in [5, 5.41) is 3.75. The van der Waals surface area contributed by atoms with E-state index >= 15 is 0 Å². The summed E-state index contributed by atoms with van der Waals surface area (Å²) in [4.78, 5) is 0. The average Bonchev–Trinajstić information content (AvgIpc) is 2.62. The molecule has 0 aromatic heterocycles.